The number of rotatable bonds is 5. The van der Waals surface area contributed by atoms with Crippen LogP contribution in [-0.4, -0.2) is 29.2 Å². The third-order valence-electron chi connectivity index (χ3n) is 4.40. The number of ether oxygens (including phenoxy) is 2. The molecule has 0 saturated carbocycles. The lowest BCUT2D eigenvalue weighted by molar-refractivity contribution is 0.215. The van der Waals surface area contributed by atoms with Gasteiger partial charge in [-0.3, -0.25) is 0 Å². The summed E-state index contributed by atoms with van der Waals surface area (Å²) in [6, 6.07) is 4.30. The summed E-state index contributed by atoms with van der Waals surface area (Å²) >= 11 is 0. The molecule has 29 heavy (non-hydrogen) atoms. The van der Waals surface area contributed by atoms with Crippen LogP contribution in [0, 0.1) is 17.7 Å². The van der Waals surface area contributed by atoms with Gasteiger partial charge in [-0.05, 0) is 37.6 Å². The van der Waals surface area contributed by atoms with Crippen LogP contribution in [-0.2, 0) is 10.3 Å². The fourth-order valence-electron chi connectivity index (χ4n) is 2.84. The van der Waals surface area contributed by atoms with E-state index in [4.69, 9.17) is 15.2 Å². The molecule has 0 spiro atoms. The number of aliphatic imine (C=N–C) groups is 1. The van der Waals surface area contributed by atoms with E-state index >= 15 is 0 Å². The number of nitrogens with two attached hydrogens (primary N) is 1. The van der Waals surface area contributed by atoms with E-state index < -0.39 is 17.2 Å². The lowest BCUT2D eigenvalue weighted by atomic mass is 9.87. The van der Waals surface area contributed by atoms with Crippen molar-refractivity contribution in [3.63, 3.8) is 0 Å². The van der Waals surface area contributed by atoms with Gasteiger partial charge in [0.15, 0.2) is 12.4 Å². The molecule has 0 unspecified atom stereocenters. The molecule has 0 amide bonds. The minimum Gasteiger partial charge on any atom is -0.465 e. The first-order valence-electron chi connectivity index (χ1n) is 8.91. The molecule has 1 aliphatic rings. The standard InChI is InChI=1S/C21H20F2N4O2/c1-3-4-8-28-19-13-25-18(12-26-19)17(23)11-14-5-6-16(22)15(10-14)21(2)7-9-29-20(24)27-21/h5-6,10-13H,7-9H2,1-2H3,(H2,24,27)/b17-11-/t21-/m0/s1. The van der Waals surface area contributed by atoms with Crippen LogP contribution in [0.1, 0.15) is 37.1 Å². The van der Waals surface area contributed by atoms with Gasteiger partial charge in [-0.15, -0.1) is 5.92 Å². The van der Waals surface area contributed by atoms with Gasteiger partial charge in [0.2, 0.25) is 5.88 Å². The quantitative estimate of drug-likeness (QED) is 0.781. The molecule has 0 aliphatic carbocycles. The summed E-state index contributed by atoms with van der Waals surface area (Å²) in [6.45, 7) is 3.96. The normalized spacial score (nSPS) is 18.9. The molecule has 0 radical (unpaired) electrons. The van der Waals surface area contributed by atoms with Crippen molar-refractivity contribution in [2.45, 2.75) is 25.8 Å². The predicted molar refractivity (Wildman–Crippen MR) is 106 cm³/mol. The van der Waals surface area contributed by atoms with Crippen LogP contribution in [0.25, 0.3) is 11.9 Å². The average Bonchev–Trinajstić information content (AvgIpc) is 2.70. The minimum absolute atomic E-state index is 0.00720. The first kappa shape index (κ1) is 20.3. The molecule has 1 aromatic heterocycles. The highest BCUT2D eigenvalue weighted by Gasteiger charge is 2.32. The molecule has 1 aromatic carbocycles. The zero-order valence-corrected chi connectivity index (χ0v) is 16.1. The van der Waals surface area contributed by atoms with Crippen LogP contribution < -0.4 is 10.5 Å². The van der Waals surface area contributed by atoms with Crippen LogP contribution in [0.2, 0.25) is 0 Å². The maximum Gasteiger partial charge on any atom is 0.282 e. The van der Waals surface area contributed by atoms with E-state index in [0.29, 0.717) is 24.2 Å². The summed E-state index contributed by atoms with van der Waals surface area (Å²) in [5.41, 5.74) is 5.57. The maximum absolute atomic E-state index is 14.6. The first-order chi connectivity index (χ1) is 13.9. The molecule has 0 bridgehead atoms. The summed E-state index contributed by atoms with van der Waals surface area (Å²) in [6.07, 6.45) is 4.29. The molecule has 0 saturated heterocycles. The minimum atomic E-state index is -0.882. The Morgan fingerprint density at radius 1 is 1.38 bits per heavy atom. The van der Waals surface area contributed by atoms with Crippen molar-refractivity contribution in [3.8, 4) is 17.7 Å². The second-order valence-corrected chi connectivity index (χ2v) is 6.51. The molecule has 8 heteroatoms. The molecular formula is C21H20F2N4O2. The summed E-state index contributed by atoms with van der Waals surface area (Å²) in [7, 11) is 0. The van der Waals surface area contributed by atoms with Crippen LogP contribution in [0.3, 0.4) is 0 Å². The molecule has 1 atom stereocenters. The Kier molecular flexibility index (Phi) is 6.07. The van der Waals surface area contributed by atoms with Crippen molar-refractivity contribution in [1.82, 2.24) is 9.97 Å². The predicted octanol–water partition coefficient (Wildman–Crippen LogP) is 3.44. The second kappa shape index (κ2) is 8.69. The summed E-state index contributed by atoms with van der Waals surface area (Å²) in [5, 5.41) is 0. The third-order valence-corrected chi connectivity index (χ3v) is 4.40. The lowest BCUT2D eigenvalue weighted by Gasteiger charge is -2.30. The monoisotopic (exact) mass is 398 g/mol. The molecule has 1 aliphatic heterocycles. The second-order valence-electron chi connectivity index (χ2n) is 6.51. The van der Waals surface area contributed by atoms with E-state index in [0.717, 1.165) is 0 Å². The number of hydrogen-bond acceptors (Lipinski definition) is 6. The van der Waals surface area contributed by atoms with Crippen molar-refractivity contribution in [1.29, 1.82) is 0 Å². The van der Waals surface area contributed by atoms with Gasteiger partial charge in [0, 0.05) is 12.0 Å². The number of nitrogens with zero attached hydrogens (tertiary/aromatic N) is 3. The van der Waals surface area contributed by atoms with Crippen LogP contribution in [0.4, 0.5) is 8.78 Å². The molecule has 0 fully saturated rings. The number of aromatic nitrogens is 2. The van der Waals surface area contributed by atoms with E-state index in [1.54, 1.807) is 19.9 Å². The van der Waals surface area contributed by atoms with Gasteiger partial charge in [-0.25, -0.2) is 23.7 Å². The van der Waals surface area contributed by atoms with Gasteiger partial charge in [-0.1, -0.05) is 12.0 Å². The summed E-state index contributed by atoms with van der Waals surface area (Å²) in [4.78, 5) is 12.2. The highest BCUT2D eigenvalue weighted by atomic mass is 19.1. The third kappa shape index (κ3) is 4.88. The molecule has 3 rings (SSSR count). The smallest absolute Gasteiger partial charge is 0.282 e. The number of hydrogen-bond donors (Lipinski definition) is 1. The van der Waals surface area contributed by atoms with Gasteiger partial charge in [0.1, 0.15) is 11.5 Å². The Balaban J connectivity index is 1.84. The lowest BCUT2D eigenvalue weighted by Crippen LogP contribution is -2.34. The van der Waals surface area contributed by atoms with E-state index in [9.17, 15) is 8.78 Å². The van der Waals surface area contributed by atoms with Gasteiger partial charge in [-0.2, -0.15) is 0 Å². The number of halogens is 2. The van der Waals surface area contributed by atoms with Gasteiger partial charge in [0.25, 0.3) is 6.02 Å². The van der Waals surface area contributed by atoms with E-state index in [1.807, 2.05) is 0 Å². The van der Waals surface area contributed by atoms with E-state index in [-0.39, 0.29) is 24.2 Å². The molecule has 2 N–H and O–H groups in total. The van der Waals surface area contributed by atoms with E-state index in [2.05, 4.69) is 26.8 Å². The van der Waals surface area contributed by atoms with Crippen LogP contribution in [0.5, 0.6) is 5.88 Å². The van der Waals surface area contributed by atoms with Crippen LogP contribution in [0.15, 0.2) is 35.6 Å². The molecular weight excluding hydrogens is 378 g/mol. The largest absolute Gasteiger partial charge is 0.465 e. The molecule has 2 aromatic rings. The Morgan fingerprint density at radius 2 is 2.21 bits per heavy atom. The first-order valence-corrected chi connectivity index (χ1v) is 8.91. The van der Waals surface area contributed by atoms with Gasteiger partial charge < -0.3 is 15.2 Å². The SMILES string of the molecule is CC#CCOc1cnc(/C(F)=C/c2ccc(F)c([C@]3(C)CCOC(N)=N3)c2)cn1. The zero-order valence-electron chi connectivity index (χ0n) is 16.1. The topological polar surface area (TPSA) is 82.6 Å². The van der Waals surface area contributed by atoms with Gasteiger partial charge >= 0.3 is 0 Å². The fraction of sp³-hybridized carbons (Fsp3) is 0.286. The van der Waals surface area contributed by atoms with Crippen molar-refractivity contribution >= 4 is 17.9 Å². The molecule has 2 heterocycles. The highest BCUT2D eigenvalue weighted by molar-refractivity contribution is 5.75. The van der Waals surface area contributed by atoms with E-state index in [1.165, 1.54) is 30.6 Å². The van der Waals surface area contributed by atoms with Crippen molar-refractivity contribution in [3.05, 3.63) is 53.2 Å². The summed E-state index contributed by atoms with van der Waals surface area (Å²) < 4.78 is 39.5. The zero-order chi connectivity index (χ0) is 20.9. The Hall–Kier alpha value is -3.47. The Morgan fingerprint density at radius 3 is 2.90 bits per heavy atom. The average molecular weight is 398 g/mol. The highest BCUT2D eigenvalue weighted by Crippen LogP contribution is 2.34. The molecule has 6 nitrogen and oxygen atoms in total. The van der Waals surface area contributed by atoms with Crippen LogP contribution >= 0.6 is 0 Å². The van der Waals surface area contributed by atoms with Crippen molar-refractivity contribution in [2.24, 2.45) is 10.7 Å². The summed E-state index contributed by atoms with van der Waals surface area (Å²) in [5.74, 6) is 4.61. The van der Waals surface area contributed by atoms with Crippen molar-refractivity contribution < 1.29 is 18.3 Å². The fourth-order valence-corrected chi connectivity index (χ4v) is 2.84. The Bertz CT molecular complexity index is 1010. The Labute approximate surface area is 167 Å². The number of amidine groups is 1. The number of benzene rings is 1. The maximum atomic E-state index is 14.6. The molecule has 150 valence electrons. The van der Waals surface area contributed by atoms with Gasteiger partial charge in [0.05, 0.1) is 24.5 Å². The van der Waals surface area contributed by atoms with Crippen molar-refractivity contribution in [2.75, 3.05) is 13.2 Å².